The number of nitrogens with zero attached hydrogens (tertiary/aromatic N) is 2. The minimum Gasteiger partial charge on any atom is -0.330 e. The number of nitro benzene ring substituents is 1. The Hall–Kier alpha value is -3.02. The number of likely N-dealkylation sites (N-methyl/N-ethyl adjacent to an activating group) is 1. The fourth-order valence-electron chi connectivity index (χ4n) is 3.11. The van der Waals surface area contributed by atoms with E-state index in [2.05, 4.69) is 18.3 Å². The zero-order valence-corrected chi connectivity index (χ0v) is 15.6. The molecular formula is C19H19N4O3S+. The third-order valence-electron chi connectivity index (χ3n) is 4.59. The van der Waals surface area contributed by atoms with Crippen molar-refractivity contribution in [2.45, 2.75) is 19.9 Å². The molecule has 0 fully saturated rings. The summed E-state index contributed by atoms with van der Waals surface area (Å²) in [5.41, 5.74) is 2.14. The van der Waals surface area contributed by atoms with Crippen molar-refractivity contribution in [3.05, 3.63) is 62.0 Å². The lowest BCUT2D eigenvalue weighted by Crippen LogP contribution is -3.11. The lowest BCUT2D eigenvalue weighted by molar-refractivity contribution is -0.913. The molecule has 2 heterocycles. The van der Waals surface area contributed by atoms with Gasteiger partial charge in [0.25, 0.3) is 5.69 Å². The van der Waals surface area contributed by atoms with E-state index in [1.54, 1.807) is 12.1 Å². The molecule has 138 valence electrons. The highest BCUT2D eigenvalue weighted by atomic mass is 32.1. The number of thiophene rings is 1. The van der Waals surface area contributed by atoms with Gasteiger partial charge in [0, 0.05) is 24.6 Å². The Balaban J connectivity index is 1.75. The molecule has 3 rings (SSSR count). The van der Waals surface area contributed by atoms with Gasteiger partial charge in [0.1, 0.15) is 17.6 Å². The normalized spacial score (nSPS) is 15.9. The summed E-state index contributed by atoms with van der Waals surface area (Å²) in [6.45, 7) is 5.05. The van der Waals surface area contributed by atoms with E-state index < -0.39 is 4.92 Å². The highest BCUT2D eigenvalue weighted by Crippen LogP contribution is 2.34. The number of benzene rings is 1. The van der Waals surface area contributed by atoms with E-state index in [4.69, 9.17) is 0 Å². The number of nitrogens with one attached hydrogen (secondary N) is 2. The molecule has 1 unspecified atom stereocenters. The lowest BCUT2D eigenvalue weighted by Gasteiger charge is -2.22. The first kappa shape index (κ1) is 18.8. The van der Waals surface area contributed by atoms with Crippen molar-refractivity contribution in [3.8, 4) is 6.07 Å². The SMILES string of the molecule is CC[NH+]1CCc2c(sc(NC(=O)C=Cc3cccc([N+](=O)[O-])c3)c2C#N)C1. The topological polar surface area (TPSA) is 100 Å². The van der Waals surface area contributed by atoms with Crippen molar-refractivity contribution in [3.63, 3.8) is 0 Å². The smallest absolute Gasteiger partial charge is 0.270 e. The van der Waals surface area contributed by atoms with E-state index in [1.807, 2.05) is 0 Å². The number of carbonyl (C=O) groups is 1. The van der Waals surface area contributed by atoms with Crippen molar-refractivity contribution >= 4 is 34.0 Å². The highest BCUT2D eigenvalue weighted by Gasteiger charge is 2.26. The summed E-state index contributed by atoms with van der Waals surface area (Å²) in [5.74, 6) is -0.365. The van der Waals surface area contributed by atoms with Crippen LogP contribution in [-0.2, 0) is 17.8 Å². The van der Waals surface area contributed by atoms with Crippen LogP contribution in [0.3, 0.4) is 0 Å². The first-order valence-electron chi connectivity index (χ1n) is 8.63. The van der Waals surface area contributed by atoms with Crippen LogP contribution >= 0.6 is 11.3 Å². The number of hydrogen-bond donors (Lipinski definition) is 2. The van der Waals surface area contributed by atoms with Crippen LogP contribution in [0.1, 0.15) is 28.5 Å². The van der Waals surface area contributed by atoms with E-state index in [9.17, 15) is 20.2 Å². The fourth-order valence-corrected chi connectivity index (χ4v) is 4.38. The quantitative estimate of drug-likeness (QED) is 0.469. The lowest BCUT2D eigenvalue weighted by atomic mass is 10.0. The van der Waals surface area contributed by atoms with Crippen LogP contribution in [0, 0.1) is 21.4 Å². The molecule has 1 aromatic heterocycles. The second kappa shape index (κ2) is 8.12. The Morgan fingerprint density at radius 2 is 2.33 bits per heavy atom. The number of rotatable bonds is 5. The van der Waals surface area contributed by atoms with Crippen molar-refractivity contribution in [2.75, 3.05) is 18.4 Å². The molecule has 0 saturated carbocycles. The summed E-state index contributed by atoms with van der Waals surface area (Å²) in [4.78, 5) is 25.2. The van der Waals surface area contributed by atoms with E-state index >= 15 is 0 Å². The van der Waals surface area contributed by atoms with Crippen LogP contribution in [-0.4, -0.2) is 23.9 Å². The fraction of sp³-hybridized carbons (Fsp3) is 0.263. The van der Waals surface area contributed by atoms with Gasteiger partial charge in [0.2, 0.25) is 5.91 Å². The van der Waals surface area contributed by atoms with Gasteiger partial charge >= 0.3 is 0 Å². The molecule has 0 radical (unpaired) electrons. The first-order chi connectivity index (χ1) is 13.0. The zero-order valence-electron chi connectivity index (χ0n) is 14.8. The number of carbonyl (C=O) groups excluding carboxylic acids is 1. The first-order valence-corrected chi connectivity index (χ1v) is 9.45. The maximum atomic E-state index is 12.3. The molecule has 2 N–H and O–H groups in total. The summed E-state index contributed by atoms with van der Waals surface area (Å²) in [5, 5.41) is 23.7. The Labute approximate surface area is 160 Å². The summed E-state index contributed by atoms with van der Waals surface area (Å²) in [6, 6.07) is 8.27. The number of hydrogen-bond acceptors (Lipinski definition) is 5. The van der Waals surface area contributed by atoms with Crippen LogP contribution < -0.4 is 10.2 Å². The van der Waals surface area contributed by atoms with Crippen LogP contribution in [0.2, 0.25) is 0 Å². The van der Waals surface area contributed by atoms with Gasteiger partial charge in [-0.2, -0.15) is 5.26 Å². The van der Waals surface area contributed by atoms with Gasteiger partial charge in [-0.3, -0.25) is 14.9 Å². The van der Waals surface area contributed by atoms with Gasteiger partial charge in [0.15, 0.2) is 0 Å². The zero-order chi connectivity index (χ0) is 19.4. The van der Waals surface area contributed by atoms with Gasteiger partial charge in [-0.05, 0) is 24.1 Å². The molecule has 0 spiro atoms. The number of nitro groups is 1. The molecule has 1 aromatic carbocycles. The van der Waals surface area contributed by atoms with Crippen molar-refractivity contribution in [2.24, 2.45) is 0 Å². The monoisotopic (exact) mass is 383 g/mol. The summed E-state index contributed by atoms with van der Waals surface area (Å²) < 4.78 is 0. The average molecular weight is 383 g/mol. The number of fused-ring (bicyclic) bond motifs is 1. The number of nitriles is 1. The third-order valence-corrected chi connectivity index (χ3v) is 5.73. The molecule has 1 amide bonds. The van der Waals surface area contributed by atoms with E-state index in [0.29, 0.717) is 16.1 Å². The predicted octanol–water partition coefficient (Wildman–Crippen LogP) is 2.14. The van der Waals surface area contributed by atoms with E-state index in [-0.39, 0.29) is 11.6 Å². The van der Waals surface area contributed by atoms with Crippen molar-refractivity contribution in [1.82, 2.24) is 0 Å². The number of non-ortho nitro benzene ring substituents is 1. The van der Waals surface area contributed by atoms with Gasteiger partial charge < -0.3 is 10.2 Å². The molecule has 2 aromatic rings. The van der Waals surface area contributed by atoms with Crippen molar-refractivity contribution < 1.29 is 14.6 Å². The molecule has 8 heteroatoms. The Morgan fingerprint density at radius 3 is 3.04 bits per heavy atom. The minimum atomic E-state index is -0.478. The van der Waals surface area contributed by atoms with Crippen LogP contribution in [0.15, 0.2) is 30.3 Å². The largest absolute Gasteiger partial charge is 0.330 e. The molecule has 0 bridgehead atoms. The molecule has 27 heavy (non-hydrogen) atoms. The van der Waals surface area contributed by atoms with Gasteiger partial charge in [-0.1, -0.05) is 12.1 Å². The Kier molecular flexibility index (Phi) is 5.64. The molecule has 0 aliphatic carbocycles. The summed E-state index contributed by atoms with van der Waals surface area (Å²) >= 11 is 1.46. The third kappa shape index (κ3) is 4.22. The van der Waals surface area contributed by atoms with E-state index in [0.717, 1.165) is 36.5 Å². The van der Waals surface area contributed by atoms with Gasteiger partial charge in [-0.15, -0.1) is 11.3 Å². The van der Waals surface area contributed by atoms with Crippen molar-refractivity contribution in [1.29, 1.82) is 5.26 Å². The predicted molar refractivity (Wildman–Crippen MR) is 104 cm³/mol. The van der Waals surface area contributed by atoms with E-state index in [1.165, 1.54) is 40.5 Å². The molecule has 1 aliphatic rings. The molecule has 7 nitrogen and oxygen atoms in total. The molecule has 1 atom stereocenters. The van der Waals surface area contributed by atoms with Crippen LogP contribution in [0.5, 0.6) is 0 Å². The summed E-state index contributed by atoms with van der Waals surface area (Å²) in [6.07, 6.45) is 3.69. The van der Waals surface area contributed by atoms with Crippen LogP contribution in [0.4, 0.5) is 10.7 Å². The molecule has 1 aliphatic heterocycles. The Morgan fingerprint density at radius 1 is 1.52 bits per heavy atom. The minimum absolute atomic E-state index is 0.0294. The standard InChI is InChI=1S/C19H18N4O3S/c1-2-22-9-8-15-16(11-20)19(27-17(15)12-22)21-18(24)7-6-13-4-3-5-14(10-13)23(25)26/h3-7,10H,2,8-9,12H2,1H3,(H,21,24)/p+1. The second-order valence-electron chi connectivity index (χ2n) is 6.27. The summed E-state index contributed by atoms with van der Waals surface area (Å²) in [7, 11) is 0. The average Bonchev–Trinajstić information content (AvgIpc) is 3.02. The van der Waals surface area contributed by atoms with Crippen LogP contribution in [0.25, 0.3) is 6.08 Å². The number of quaternary nitrogens is 1. The van der Waals surface area contributed by atoms with Gasteiger partial charge in [0.05, 0.1) is 28.5 Å². The Bertz CT molecular complexity index is 958. The number of amides is 1. The molecule has 0 saturated heterocycles. The maximum Gasteiger partial charge on any atom is 0.270 e. The number of anilines is 1. The van der Waals surface area contributed by atoms with Gasteiger partial charge in [-0.25, -0.2) is 0 Å². The maximum absolute atomic E-state index is 12.3. The second-order valence-corrected chi connectivity index (χ2v) is 7.38. The molecular weight excluding hydrogens is 364 g/mol. The highest BCUT2D eigenvalue weighted by molar-refractivity contribution is 7.16.